The van der Waals surface area contributed by atoms with Gasteiger partial charge in [0.15, 0.2) is 6.29 Å². The van der Waals surface area contributed by atoms with Crippen molar-refractivity contribution >= 4 is 11.9 Å². The number of ether oxygens (including phenoxy) is 5. The highest BCUT2D eigenvalue weighted by molar-refractivity contribution is 5.92. The minimum atomic E-state index is -1.61. The number of aliphatic hydroxyl groups excluding tert-OH is 4. The largest absolute Gasteiger partial charge is 0.471 e. The van der Waals surface area contributed by atoms with E-state index >= 15 is 0 Å². The molecule has 3 heterocycles. The van der Waals surface area contributed by atoms with Crippen LogP contribution in [0, 0.1) is 11.8 Å². The maximum atomic E-state index is 12.0. The van der Waals surface area contributed by atoms with Crippen LogP contribution in [0.2, 0.25) is 0 Å². The summed E-state index contributed by atoms with van der Waals surface area (Å²) in [5.41, 5.74) is 0.936. The van der Waals surface area contributed by atoms with E-state index < -0.39 is 73.5 Å². The molecule has 4 aliphatic rings. The molecule has 11 heteroatoms. The van der Waals surface area contributed by atoms with Crippen LogP contribution >= 0.6 is 0 Å². The lowest BCUT2D eigenvalue weighted by Gasteiger charge is -2.42. The number of hydrogen-bond donors (Lipinski definition) is 4. The van der Waals surface area contributed by atoms with Crippen molar-refractivity contribution in [3.05, 3.63) is 23.5 Å². The smallest absolute Gasteiger partial charge is 0.338 e. The first-order chi connectivity index (χ1) is 13.8. The average Bonchev–Trinajstić information content (AvgIpc) is 3.20. The van der Waals surface area contributed by atoms with Crippen molar-refractivity contribution in [2.45, 2.75) is 50.0 Å². The van der Waals surface area contributed by atoms with Gasteiger partial charge < -0.3 is 44.1 Å². The van der Waals surface area contributed by atoms with E-state index in [9.17, 15) is 30.0 Å². The molecule has 2 saturated heterocycles. The number of carbonyl (C=O) groups excluding carboxylic acids is 2. The molecule has 0 saturated carbocycles. The Morgan fingerprint density at radius 1 is 1.14 bits per heavy atom. The molecule has 0 unspecified atom stereocenters. The molecule has 4 rings (SSSR count). The number of aliphatic hydroxyl groups is 4. The number of rotatable bonds is 5. The fourth-order valence-corrected chi connectivity index (χ4v) is 4.12. The topological polar surface area (TPSA) is 161 Å². The Kier molecular flexibility index (Phi) is 5.36. The standard InChI is InChI=1S/C18H22O11/c1-6(20)25-4-7-2-9-12-8(16(24)27-9)5-26-17(11(7)12)29-18-15(23)14(22)13(21)10(3-19)28-18/h2,5,9-15,17-19,21-23H,3-4H2,1H3/t9-,10-,11-,12+,13-,14+,15-,17-,18+/m0/s1. The normalized spacial score (nSPS) is 43.1. The van der Waals surface area contributed by atoms with Gasteiger partial charge in [0.2, 0.25) is 6.29 Å². The monoisotopic (exact) mass is 414 g/mol. The molecule has 0 spiro atoms. The van der Waals surface area contributed by atoms with Crippen LogP contribution in [0.5, 0.6) is 0 Å². The Balaban J connectivity index is 1.56. The van der Waals surface area contributed by atoms with Crippen molar-refractivity contribution in [3.8, 4) is 0 Å². The Labute approximate surface area is 165 Å². The van der Waals surface area contributed by atoms with E-state index in [1.54, 1.807) is 6.08 Å². The summed E-state index contributed by atoms with van der Waals surface area (Å²) in [6, 6.07) is 0. The fraction of sp³-hybridized carbons (Fsp3) is 0.667. The van der Waals surface area contributed by atoms with Crippen LogP contribution in [0.3, 0.4) is 0 Å². The number of hydrogen-bond acceptors (Lipinski definition) is 11. The van der Waals surface area contributed by atoms with Gasteiger partial charge in [-0.15, -0.1) is 0 Å². The molecule has 160 valence electrons. The van der Waals surface area contributed by atoms with Crippen LogP contribution in [-0.2, 0) is 33.3 Å². The van der Waals surface area contributed by atoms with Crippen LogP contribution in [-0.4, -0.2) is 88.7 Å². The summed E-state index contributed by atoms with van der Waals surface area (Å²) in [5.74, 6) is -1.99. The first kappa shape index (κ1) is 20.3. The first-order valence-corrected chi connectivity index (χ1v) is 9.18. The molecule has 1 aliphatic carbocycles. The predicted molar refractivity (Wildman–Crippen MR) is 89.4 cm³/mol. The molecule has 0 amide bonds. The molecular weight excluding hydrogens is 392 g/mol. The molecule has 29 heavy (non-hydrogen) atoms. The maximum absolute atomic E-state index is 12.0. The van der Waals surface area contributed by atoms with Gasteiger partial charge >= 0.3 is 11.9 Å². The quantitative estimate of drug-likeness (QED) is 0.283. The lowest BCUT2D eigenvalue weighted by molar-refractivity contribution is -0.339. The van der Waals surface area contributed by atoms with Gasteiger partial charge in [-0.1, -0.05) is 0 Å². The van der Waals surface area contributed by atoms with Gasteiger partial charge in [0.05, 0.1) is 24.4 Å². The number of carbonyl (C=O) groups is 2. The van der Waals surface area contributed by atoms with Gasteiger partial charge in [0.1, 0.15) is 37.1 Å². The molecule has 0 radical (unpaired) electrons. The van der Waals surface area contributed by atoms with Gasteiger partial charge in [0.25, 0.3) is 0 Å². The Morgan fingerprint density at radius 3 is 2.59 bits per heavy atom. The third-order valence-electron chi connectivity index (χ3n) is 5.57. The van der Waals surface area contributed by atoms with E-state index in [1.807, 2.05) is 0 Å². The zero-order valence-corrected chi connectivity index (χ0v) is 15.4. The predicted octanol–water partition coefficient (Wildman–Crippen LogP) is -2.30. The molecule has 2 fully saturated rings. The van der Waals surface area contributed by atoms with Crippen LogP contribution < -0.4 is 0 Å². The zero-order chi connectivity index (χ0) is 20.9. The van der Waals surface area contributed by atoms with Gasteiger partial charge in [-0.05, 0) is 11.6 Å². The fourth-order valence-electron chi connectivity index (χ4n) is 4.12. The second-order valence-electron chi connectivity index (χ2n) is 7.35. The second-order valence-corrected chi connectivity index (χ2v) is 7.35. The van der Waals surface area contributed by atoms with Crippen molar-refractivity contribution in [1.29, 1.82) is 0 Å². The summed E-state index contributed by atoms with van der Waals surface area (Å²) in [5, 5.41) is 39.4. The van der Waals surface area contributed by atoms with Crippen molar-refractivity contribution < 1.29 is 53.7 Å². The van der Waals surface area contributed by atoms with E-state index in [0.717, 1.165) is 0 Å². The third kappa shape index (κ3) is 3.43. The molecule has 0 aromatic carbocycles. The molecule has 0 aromatic heterocycles. The highest BCUT2D eigenvalue weighted by atomic mass is 16.8. The van der Waals surface area contributed by atoms with Crippen LogP contribution in [0.1, 0.15) is 6.92 Å². The highest BCUT2D eigenvalue weighted by Crippen LogP contribution is 2.49. The lowest BCUT2D eigenvalue weighted by atomic mass is 9.84. The van der Waals surface area contributed by atoms with Crippen LogP contribution in [0.25, 0.3) is 0 Å². The molecule has 4 N–H and O–H groups in total. The minimum absolute atomic E-state index is 0.0598. The van der Waals surface area contributed by atoms with Crippen molar-refractivity contribution in [2.75, 3.05) is 13.2 Å². The summed E-state index contributed by atoms with van der Waals surface area (Å²) in [6.07, 6.45) is -6.03. The van der Waals surface area contributed by atoms with Gasteiger partial charge in [0, 0.05) is 12.8 Å². The van der Waals surface area contributed by atoms with Gasteiger partial charge in [-0.25, -0.2) is 4.79 Å². The van der Waals surface area contributed by atoms with Crippen molar-refractivity contribution in [3.63, 3.8) is 0 Å². The molecule has 9 atom stereocenters. The van der Waals surface area contributed by atoms with Gasteiger partial charge in [-0.3, -0.25) is 4.79 Å². The third-order valence-corrected chi connectivity index (χ3v) is 5.57. The first-order valence-electron chi connectivity index (χ1n) is 9.18. The average molecular weight is 414 g/mol. The maximum Gasteiger partial charge on any atom is 0.338 e. The minimum Gasteiger partial charge on any atom is -0.471 e. The summed E-state index contributed by atoms with van der Waals surface area (Å²) in [4.78, 5) is 23.2. The Hall–Kier alpha value is -2.02. The summed E-state index contributed by atoms with van der Waals surface area (Å²) in [6.45, 7) is 0.602. The molecule has 11 nitrogen and oxygen atoms in total. The van der Waals surface area contributed by atoms with E-state index in [2.05, 4.69) is 0 Å². The van der Waals surface area contributed by atoms with Crippen molar-refractivity contribution in [2.24, 2.45) is 11.8 Å². The highest BCUT2D eigenvalue weighted by Gasteiger charge is 2.56. The van der Waals surface area contributed by atoms with Crippen LogP contribution in [0.15, 0.2) is 23.5 Å². The number of esters is 2. The van der Waals surface area contributed by atoms with E-state index in [-0.39, 0.29) is 6.61 Å². The SMILES string of the molecule is CC(=O)OCC1=C[C@@H]2OC(=O)C3=CO[C@@H](O[C@H]4O[C@@H](CO)[C@H](O)[C@@H](O)[C@@H]4O)[C@@H]1[C@H]32. The zero-order valence-electron chi connectivity index (χ0n) is 15.4. The van der Waals surface area contributed by atoms with Crippen molar-refractivity contribution in [1.82, 2.24) is 0 Å². The lowest BCUT2D eigenvalue weighted by Crippen LogP contribution is -2.60. The van der Waals surface area contributed by atoms with E-state index in [0.29, 0.717) is 11.1 Å². The van der Waals surface area contributed by atoms with Gasteiger partial charge in [-0.2, -0.15) is 0 Å². The van der Waals surface area contributed by atoms with Crippen LogP contribution in [0.4, 0.5) is 0 Å². The van der Waals surface area contributed by atoms with E-state index in [4.69, 9.17) is 23.7 Å². The molecule has 3 aliphatic heterocycles. The summed E-state index contributed by atoms with van der Waals surface area (Å²) in [7, 11) is 0. The molecule has 0 bridgehead atoms. The molecular formula is C18H22O11. The summed E-state index contributed by atoms with van der Waals surface area (Å²) < 4.78 is 27.0. The molecule has 0 aromatic rings. The Morgan fingerprint density at radius 2 is 1.90 bits per heavy atom. The summed E-state index contributed by atoms with van der Waals surface area (Å²) >= 11 is 0. The Bertz CT molecular complexity index is 744. The van der Waals surface area contributed by atoms with E-state index in [1.165, 1.54) is 13.2 Å². The second kappa shape index (κ2) is 7.67.